The summed E-state index contributed by atoms with van der Waals surface area (Å²) in [7, 11) is 3.33. The van der Waals surface area contributed by atoms with Crippen molar-refractivity contribution in [2.24, 2.45) is 0 Å². The molecule has 3 heteroatoms. The van der Waals surface area contributed by atoms with Crippen LogP contribution in [0.4, 0.5) is 0 Å². The Morgan fingerprint density at radius 3 is 2.14 bits per heavy atom. The van der Waals surface area contributed by atoms with Gasteiger partial charge in [0.25, 0.3) is 0 Å². The Balaban J connectivity index is 2.39. The number of ether oxygens (including phenoxy) is 2. The SMILES string of the molecule is COc1cc(C)c(C(=O)C2(OC)CCCCCC2)cc1C. The molecule has 0 amide bonds. The third-order valence-corrected chi connectivity index (χ3v) is 4.70. The van der Waals surface area contributed by atoms with Crippen LogP contribution < -0.4 is 4.74 Å². The van der Waals surface area contributed by atoms with E-state index in [-0.39, 0.29) is 5.78 Å². The van der Waals surface area contributed by atoms with Crippen LogP contribution in [0.25, 0.3) is 0 Å². The fourth-order valence-corrected chi connectivity index (χ4v) is 3.32. The molecule has 1 aliphatic carbocycles. The van der Waals surface area contributed by atoms with E-state index in [1.807, 2.05) is 26.0 Å². The highest BCUT2D eigenvalue weighted by Crippen LogP contribution is 2.35. The fraction of sp³-hybridized carbons (Fsp3) is 0.611. The molecule has 1 aromatic carbocycles. The second-order valence-electron chi connectivity index (χ2n) is 6.08. The molecule has 1 aromatic rings. The molecule has 0 radical (unpaired) electrons. The van der Waals surface area contributed by atoms with Crippen LogP contribution in [0.1, 0.15) is 60.0 Å². The van der Waals surface area contributed by atoms with Gasteiger partial charge in [-0.15, -0.1) is 0 Å². The molecule has 0 spiro atoms. The van der Waals surface area contributed by atoms with Gasteiger partial charge in [0.15, 0.2) is 5.78 Å². The van der Waals surface area contributed by atoms with Crippen LogP contribution in [-0.4, -0.2) is 25.6 Å². The first-order valence-corrected chi connectivity index (χ1v) is 7.79. The molecule has 1 fully saturated rings. The summed E-state index contributed by atoms with van der Waals surface area (Å²) in [6.07, 6.45) is 6.17. The van der Waals surface area contributed by atoms with E-state index in [1.165, 1.54) is 12.8 Å². The third-order valence-electron chi connectivity index (χ3n) is 4.70. The van der Waals surface area contributed by atoms with E-state index < -0.39 is 5.60 Å². The Bertz CT molecular complexity index is 511. The Kier molecular flexibility index (Phi) is 5.04. The lowest BCUT2D eigenvalue weighted by Gasteiger charge is -2.30. The zero-order valence-corrected chi connectivity index (χ0v) is 13.6. The van der Waals surface area contributed by atoms with Crippen molar-refractivity contribution in [1.29, 1.82) is 0 Å². The van der Waals surface area contributed by atoms with E-state index >= 15 is 0 Å². The van der Waals surface area contributed by atoms with Crippen LogP contribution in [0.3, 0.4) is 0 Å². The molecule has 116 valence electrons. The van der Waals surface area contributed by atoms with Crippen LogP contribution in [0.2, 0.25) is 0 Å². The zero-order chi connectivity index (χ0) is 15.5. The van der Waals surface area contributed by atoms with Gasteiger partial charge in [0, 0.05) is 12.7 Å². The number of ketones is 1. The van der Waals surface area contributed by atoms with Crippen molar-refractivity contribution in [3.8, 4) is 5.75 Å². The van der Waals surface area contributed by atoms with Crippen LogP contribution in [0.15, 0.2) is 12.1 Å². The van der Waals surface area contributed by atoms with Crippen molar-refractivity contribution in [3.63, 3.8) is 0 Å². The van der Waals surface area contributed by atoms with Crippen LogP contribution >= 0.6 is 0 Å². The lowest BCUT2D eigenvalue weighted by Crippen LogP contribution is -2.40. The summed E-state index contributed by atoms with van der Waals surface area (Å²) in [5, 5.41) is 0. The summed E-state index contributed by atoms with van der Waals surface area (Å²) >= 11 is 0. The second kappa shape index (κ2) is 6.61. The lowest BCUT2D eigenvalue weighted by atomic mass is 9.84. The summed E-state index contributed by atoms with van der Waals surface area (Å²) < 4.78 is 11.1. The minimum Gasteiger partial charge on any atom is -0.496 e. The molecule has 0 saturated heterocycles. The summed E-state index contributed by atoms with van der Waals surface area (Å²) in [5.41, 5.74) is 2.09. The van der Waals surface area contributed by atoms with Gasteiger partial charge in [-0.2, -0.15) is 0 Å². The minimum absolute atomic E-state index is 0.134. The van der Waals surface area contributed by atoms with Gasteiger partial charge >= 0.3 is 0 Å². The van der Waals surface area contributed by atoms with E-state index in [2.05, 4.69) is 0 Å². The lowest BCUT2D eigenvalue weighted by molar-refractivity contribution is -0.00698. The molecule has 0 heterocycles. The molecule has 2 rings (SSSR count). The summed E-state index contributed by atoms with van der Waals surface area (Å²) in [4.78, 5) is 13.1. The van der Waals surface area contributed by atoms with E-state index in [1.54, 1.807) is 14.2 Å². The number of rotatable bonds is 4. The number of methoxy groups -OCH3 is 2. The molecule has 0 unspecified atom stereocenters. The maximum Gasteiger partial charge on any atom is 0.194 e. The van der Waals surface area contributed by atoms with Gasteiger partial charge in [-0.25, -0.2) is 0 Å². The molecular formula is C18H26O3. The predicted molar refractivity (Wildman–Crippen MR) is 84.2 cm³/mol. The van der Waals surface area contributed by atoms with Gasteiger partial charge in [0.2, 0.25) is 0 Å². The van der Waals surface area contributed by atoms with Crippen LogP contribution in [0.5, 0.6) is 5.75 Å². The quantitative estimate of drug-likeness (QED) is 0.615. The zero-order valence-electron chi connectivity index (χ0n) is 13.6. The van der Waals surface area contributed by atoms with Gasteiger partial charge < -0.3 is 9.47 Å². The smallest absolute Gasteiger partial charge is 0.194 e. The average Bonchev–Trinajstić information content (AvgIpc) is 2.74. The van der Waals surface area contributed by atoms with E-state index in [0.717, 1.165) is 48.1 Å². The maximum absolute atomic E-state index is 13.1. The van der Waals surface area contributed by atoms with Gasteiger partial charge in [-0.3, -0.25) is 4.79 Å². The van der Waals surface area contributed by atoms with Crippen molar-refractivity contribution < 1.29 is 14.3 Å². The molecule has 0 atom stereocenters. The van der Waals surface area contributed by atoms with Crippen molar-refractivity contribution in [2.45, 2.75) is 58.0 Å². The van der Waals surface area contributed by atoms with Crippen LogP contribution in [-0.2, 0) is 4.74 Å². The Hall–Kier alpha value is -1.35. The second-order valence-corrected chi connectivity index (χ2v) is 6.08. The highest BCUT2D eigenvalue weighted by Gasteiger charge is 2.39. The number of hydrogen-bond donors (Lipinski definition) is 0. The molecule has 0 aliphatic heterocycles. The van der Waals surface area contributed by atoms with Gasteiger partial charge in [-0.1, -0.05) is 25.7 Å². The Morgan fingerprint density at radius 2 is 1.62 bits per heavy atom. The summed E-state index contributed by atoms with van der Waals surface area (Å²) in [6.45, 7) is 3.94. The molecule has 0 bridgehead atoms. The standard InChI is InChI=1S/C18H26O3/c1-13-12-16(20-3)14(2)11-15(13)17(19)18(21-4)9-7-5-6-8-10-18/h11-12H,5-10H2,1-4H3. The highest BCUT2D eigenvalue weighted by atomic mass is 16.5. The molecule has 0 N–H and O–H groups in total. The minimum atomic E-state index is -0.637. The monoisotopic (exact) mass is 290 g/mol. The number of Topliss-reactive ketones (excluding diaryl/α,β-unsaturated/α-hetero) is 1. The molecule has 0 aromatic heterocycles. The number of aryl methyl sites for hydroxylation is 2. The number of hydrogen-bond acceptors (Lipinski definition) is 3. The van der Waals surface area contributed by atoms with Gasteiger partial charge in [0.05, 0.1) is 7.11 Å². The van der Waals surface area contributed by atoms with Gasteiger partial charge in [-0.05, 0) is 49.9 Å². The molecule has 1 aliphatic rings. The Labute approximate surface area is 127 Å². The Morgan fingerprint density at radius 1 is 1.00 bits per heavy atom. The maximum atomic E-state index is 13.1. The van der Waals surface area contributed by atoms with Crippen molar-refractivity contribution in [1.82, 2.24) is 0 Å². The van der Waals surface area contributed by atoms with Crippen molar-refractivity contribution in [2.75, 3.05) is 14.2 Å². The molecule has 3 nitrogen and oxygen atoms in total. The van der Waals surface area contributed by atoms with E-state index in [9.17, 15) is 4.79 Å². The van der Waals surface area contributed by atoms with E-state index in [4.69, 9.17) is 9.47 Å². The van der Waals surface area contributed by atoms with Gasteiger partial charge in [0.1, 0.15) is 11.4 Å². The normalized spacial score (nSPS) is 18.1. The van der Waals surface area contributed by atoms with Crippen molar-refractivity contribution >= 4 is 5.78 Å². The number of carbonyl (C=O) groups is 1. The highest BCUT2D eigenvalue weighted by molar-refractivity contribution is 6.04. The van der Waals surface area contributed by atoms with Crippen molar-refractivity contribution in [3.05, 3.63) is 28.8 Å². The summed E-state index contributed by atoms with van der Waals surface area (Å²) in [6, 6.07) is 3.89. The first kappa shape index (κ1) is 16.0. The molecular weight excluding hydrogens is 264 g/mol. The van der Waals surface area contributed by atoms with E-state index in [0.29, 0.717) is 0 Å². The summed E-state index contributed by atoms with van der Waals surface area (Å²) in [5.74, 6) is 0.964. The third kappa shape index (κ3) is 3.13. The molecule has 1 saturated carbocycles. The fourth-order valence-electron chi connectivity index (χ4n) is 3.32. The molecule has 21 heavy (non-hydrogen) atoms. The topological polar surface area (TPSA) is 35.5 Å². The average molecular weight is 290 g/mol. The first-order valence-electron chi connectivity index (χ1n) is 7.79. The predicted octanol–water partition coefficient (Wildman–Crippen LogP) is 4.23. The largest absolute Gasteiger partial charge is 0.496 e. The van der Waals surface area contributed by atoms with Crippen LogP contribution in [0, 0.1) is 13.8 Å². The number of benzene rings is 1. The first-order chi connectivity index (χ1) is 10.0. The number of carbonyl (C=O) groups excluding carboxylic acids is 1.